The first-order valence-electron chi connectivity index (χ1n) is 9.57. The summed E-state index contributed by atoms with van der Waals surface area (Å²) in [6.45, 7) is 11.7. The number of allylic oxidation sites excluding steroid dienone is 2. The van der Waals surface area contributed by atoms with Crippen LogP contribution in [0, 0.1) is 23.7 Å². The summed E-state index contributed by atoms with van der Waals surface area (Å²) in [4.78, 5) is 10.3. The predicted octanol–water partition coefficient (Wildman–Crippen LogP) is 6.82. The largest absolute Gasteiger partial charge is 0.299 e. The molecule has 0 aliphatic heterocycles. The highest BCUT2D eigenvalue weighted by atomic mass is 16.1. The van der Waals surface area contributed by atoms with Crippen LogP contribution in [0.5, 0.6) is 0 Å². The van der Waals surface area contributed by atoms with Crippen LogP contribution in [-0.4, -0.2) is 6.29 Å². The van der Waals surface area contributed by atoms with Crippen molar-refractivity contribution in [3.63, 3.8) is 0 Å². The number of hydrogen-bond donors (Lipinski definition) is 0. The van der Waals surface area contributed by atoms with Gasteiger partial charge in [-0.1, -0.05) is 92.1 Å². The lowest BCUT2D eigenvalue weighted by Gasteiger charge is -2.15. The van der Waals surface area contributed by atoms with Gasteiger partial charge in [-0.25, -0.2) is 0 Å². The van der Waals surface area contributed by atoms with E-state index in [0.717, 1.165) is 24.0 Å². The van der Waals surface area contributed by atoms with Crippen LogP contribution < -0.4 is 0 Å². The molecule has 0 aromatic rings. The summed E-state index contributed by atoms with van der Waals surface area (Å²) in [6, 6.07) is 0. The van der Waals surface area contributed by atoms with Gasteiger partial charge in [0.05, 0.1) is 0 Å². The van der Waals surface area contributed by atoms with Gasteiger partial charge in [0.15, 0.2) is 0 Å². The van der Waals surface area contributed by atoms with Gasteiger partial charge in [0.1, 0.15) is 6.29 Å². The monoisotopic (exact) mass is 308 g/mol. The van der Waals surface area contributed by atoms with Crippen LogP contribution in [0.3, 0.4) is 0 Å². The molecule has 0 aromatic carbocycles. The first-order chi connectivity index (χ1) is 10.5. The third-order valence-corrected chi connectivity index (χ3v) is 4.75. The number of rotatable bonds is 14. The fourth-order valence-electron chi connectivity index (χ4n) is 3.10. The molecular weight excluding hydrogens is 268 g/mol. The van der Waals surface area contributed by atoms with E-state index in [9.17, 15) is 4.79 Å². The molecule has 0 saturated carbocycles. The quantitative estimate of drug-likeness (QED) is 0.254. The molecule has 0 aliphatic carbocycles. The van der Waals surface area contributed by atoms with Crippen molar-refractivity contribution in [2.45, 2.75) is 92.4 Å². The lowest BCUT2D eigenvalue weighted by atomic mass is 9.91. The highest BCUT2D eigenvalue weighted by Gasteiger charge is 2.07. The molecule has 0 spiro atoms. The summed E-state index contributed by atoms with van der Waals surface area (Å²) in [6.07, 6.45) is 16.7. The molecule has 1 nitrogen and oxygen atoms in total. The molecule has 130 valence electrons. The normalized spacial score (nSPS) is 16.1. The third-order valence-electron chi connectivity index (χ3n) is 4.75. The highest BCUT2D eigenvalue weighted by molar-refractivity contribution is 5.64. The molecule has 22 heavy (non-hydrogen) atoms. The molecule has 0 amide bonds. The van der Waals surface area contributed by atoms with Gasteiger partial charge >= 0.3 is 0 Å². The standard InChI is InChI=1S/C21H40O/c1-18(2)10-6-11-19(3)12-7-13-20(4)14-8-15-21(5)16-9-17-22/h9,16-21H,6-8,10-15H2,1-5H3. The second kappa shape index (κ2) is 14.0. The number of carbonyl (C=O) groups is 1. The van der Waals surface area contributed by atoms with Gasteiger partial charge in [-0.3, -0.25) is 4.79 Å². The van der Waals surface area contributed by atoms with E-state index < -0.39 is 0 Å². The summed E-state index contributed by atoms with van der Waals surface area (Å²) in [5.74, 6) is 3.15. The lowest BCUT2D eigenvalue weighted by molar-refractivity contribution is -0.104. The fourth-order valence-corrected chi connectivity index (χ4v) is 3.10. The van der Waals surface area contributed by atoms with Crippen molar-refractivity contribution in [2.24, 2.45) is 23.7 Å². The zero-order valence-electron chi connectivity index (χ0n) is 15.8. The van der Waals surface area contributed by atoms with Crippen LogP contribution in [0.2, 0.25) is 0 Å². The van der Waals surface area contributed by atoms with Gasteiger partial charge in [-0.15, -0.1) is 0 Å². The molecule has 0 fully saturated rings. The van der Waals surface area contributed by atoms with Crippen LogP contribution in [-0.2, 0) is 4.79 Å². The van der Waals surface area contributed by atoms with Gasteiger partial charge in [0.25, 0.3) is 0 Å². The molecule has 0 heterocycles. The second-order valence-electron chi connectivity index (χ2n) is 7.90. The van der Waals surface area contributed by atoms with Crippen LogP contribution in [0.4, 0.5) is 0 Å². The average molecular weight is 309 g/mol. The van der Waals surface area contributed by atoms with E-state index in [4.69, 9.17) is 0 Å². The van der Waals surface area contributed by atoms with E-state index in [1.807, 2.05) is 6.08 Å². The first kappa shape index (κ1) is 21.4. The molecular formula is C21H40O. The maximum absolute atomic E-state index is 10.3. The molecule has 3 unspecified atom stereocenters. The smallest absolute Gasteiger partial charge is 0.142 e. The summed E-state index contributed by atoms with van der Waals surface area (Å²) < 4.78 is 0. The Morgan fingerprint density at radius 1 is 0.682 bits per heavy atom. The van der Waals surface area contributed by atoms with E-state index >= 15 is 0 Å². The van der Waals surface area contributed by atoms with Gasteiger partial charge in [0, 0.05) is 0 Å². The van der Waals surface area contributed by atoms with Gasteiger partial charge in [-0.2, -0.15) is 0 Å². The molecule has 0 rings (SSSR count). The number of hydrogen-bond acceptors (Lipinski definition) is 1. The molecule has 0 aromatic heterocycles. The fraction of sp³-hybridized carbons (Fsp3) is 0.857. The zero-order valence-corrected chi connectivity index (χ0v) is 15.8. The predicted molar refractivity (Wildman–Crippen MR) is 99.1 cm³/mol. The minimum Gasteiger partial charge on any atom is -0.299 e. The van der Waals surface area contributed by atoms with Crippen LogP contribution in [0.1, 0.15) is 92.4 Å². The van der Waals surface area contributed by atoms with Crippen LogP contribution in [0.15, 0.2) is 12.2 Å². The highest BCUT2D eigenvalue weighted by Crippen LogP contribution is 2.22. The maximum atomic E-state index is 10.3. The summed E-state index contributed by atoms with van der Waals surface area (Å²) in [5, 5.41) is 0. The third kappa shape index (κ3) is 14.4. The second-order valence-corrected chi connectivity index (χ2v) is 7.90. The first-order valence-corrected chi connectivity index (χ1v) is 9.57. The van der Waals surface area contributed by atoms with E-state index in [1.165, 1.54) is 57.8 Å². The Hall–Kier alpha value is -0.590. The molecule has 0 aliphatic rings. The van der Waals surface area contributed by atoms with Crippen molar-refractivity contribution in [2.75, 3.05) is 0 Å². The Bertz CT molecular complexity index is 280. The van der Waals surface area contributed by atoms with Crippen molar-refractivity contribution in [1.82, 2.24) is 0 Å². The SMILES string of the molecule is CC(C)CCCC(C)CCCC(C)CCCC(C)C=CC=O. The van der Waals surface area contributed by atoms with Gasteiger partial charge in [0.2, 0.25) is 0 Å². The molecule has 0 saturated heterocycles. The van der Waals surface area contributed by atoms with Crippen LogP contribution >= 0.6 is 0 Å². The summed E-state index contributed by atoms with van der Waals surface area (Å²) >= 11 is 0. The Morgan fingerprint density at radius 3 is 1.59 bits per heavy atom. The maximum Gasteiger partial charge on any atom is 0.142 e. The lowest BCUT2D eigenvalue weighted by Crippen LogP contribution is -2.01. The molecule has 3 atom stereocenters. The van der Waals surface area contributed by atoms with E-state index in [0.29, 0.717) is 5.92 Å². The topological polar surface area (TPSA) is 17.1 Å². The minimum absolute atomic E-state index is 0.540. The average Bonchev–Trinajstić information content (AvgIpc) is 2.44. The van der Waals surface area contributed by atoms with Crippen molar-refractivity contribution < 1.29 is 4.79 Å². The molecule has 0 N–H and O–H groups in total. The van der Waals surface area contributed by atoms with Crippen molar-refractivity contribution >= 4 is 6.29 Å². The van der Waals surface area contributed by atoms with Crippen molar-refractivity contribution in [3.05, 3.63) is 12.2 Å². The number of carbonyl (C=O) groups excluding carboxylic acids is 1. The Kier molecular flexibility index (Phi) is 13.7. The van der Waals surface area contributed by atoms with E-state index in [2.05, 4.69) is 34.6 Å². The van der Waals surface area contributed by atoms with Crippen molar-refractivity contribution in [3.8, 4) is 0 Å². The number of aldehydes is 1. The molecule has 1 heteroatoms. The van der Waals surface area contributed by atoms with Gasteiger partial charge in [-0.05, 0) is 36.2 Å². The summed E-state index contributed by atoms with van der Waals surface area (Å²) in [7, 11) is 0. The van der Waals surface area contributed by atoms with Crippen LogP contribution in [0.25, 0.3) is 0 Å². The Balaban J connectivity index is 3.54. The van der Waals surface area contributed by atoms with Crippen molar-refractivity contribution in [1.29, 1.82) is 0 Å². The van der Waals surface area contributed by atoms with Gasteiger partial charge < -0.3 is 0 Å². The Morgan fingerprint density at radius 2 is 1.14 bits per heavy atom. The van der Waals surface area contributed by atoms with E-state index in [1.54, 1.807) is 6.08 Å². The molecule has 0 bridgehead atoms. The Labute approximate surface area is 140 Å². The van der Waals surface area contributed by atoms with E-state index in [-0.39, 0.29) is 0 Å². The zero-order chi connectivity index (χ0) is 16.8. The summed E-state index contributed by atoms with van der Waals surface area (Å²) in [5.41, 5.74) is 0. The molecule has 0 radical (unpaired) electrons. The minimum atomic E-state index is 0.540.